The number of likely N-dealkylation sites (tertiary alicyclic amines) is 1. The van der Waals surface area contributed by atoms with Gasteiger partial charge in [0.05, 0.1) is 0 Å². The first-order valence-electron chi connectivity index (χ1n) is 7.57. The third kappa shape index (κ3) is 3.12. The van der Waals surface area contributed by atoms with Gasteiger partial charge in [0.1, 0.15) is 0 Å². The predicted molar refractivity (Wildman–Crippen MR) is 77.5 cm³/mol. The highest BCUT2D eigenvalue weighted by Gasteiger charge is 2.28. The fourth-order valence-corrected chi connectivity index (χ4v) is 3.09. The second kappa shape index (κ2) is 6.27. The molecular weight excluding hydrogens is 252 g/mol. The Morgan fingerprint density at radius 3 is 2.70 bits per heavy atom. The second-order valence-corrected chi connectivity index (χ2v) is 5.65. The Labute approximate surface area is 120 Å². The molecule has 2 fully saturated rings. The Hall–Kier alpha value is -1.55. The van der Waals surface area contributed by atoms with E-state index in [1.54, 1.807) is 0 Å². The van der Waals surface area contributed by atoms with Crippen LogP contribution >= 0.6 is 0 Å². The molecule has 0 bridgehead atoms. The number of rotatable bonds is 2. The maximum absolute atomic E-state index is 12.0. The van der Waals surface area contributed by atoms with Crippen LogP contribution in [0.1, 0.15) is 37.2 Å². The highest BCUT2D eigenvalue weighted by atomic mass is 16.6. The van der Waals surface area contributed by atoms with E-state index in [4.69, 9.17) is 4.74 Å². The molecule has 1 aromatic rings. The van der Waals surface area contributed by atoms with E-state index < -0.39 is 0 Å². The molecule has 108 valence electrons. The number of nitrogens with one attached hydrogen (secondary N) is 1. The number of hydrogen-bond donors (Lipinski definition) is 1. The van der Waals surface area contributed by atoms with Crippen molar-refractivity contribution in [3.8, 4) is 0 Å². The van der Waals surface area contributed by atoms with Crippen molar-refractivity contribution < 1.29 is 9.53 Å². The zero-order valence-corrected chi connectivity index (χ0v) is 11.8. The smallest absolute Gasteiger partial charge is 0.411 e. The Balaban J connectivity index is 1.56. The summed E-state index contributed by atoms with van der Waals surface area (Å²) in [5.41, 5.74) is 1.34. The molecule has 2 aliphatic heterocycles. The van der Waals surface area contributed by atoms with Crippen molar-refractivity contribution in [3.63, 3.8) is 0 Å². The molecule has 0 aliphatic carbocycles. The SMILES string of the molecule is O=C(O[C@@H]1CC(c2ccccc2)CCN1)N1CCCC1. The quantitative estimate of drug-likeness (QED) is 0.901. The molecule has 2 saturated heterocycles. The van der Waals surface area contributed by atoms with Crippen LogP contribution in [-0.2, 0) is 4.74 Å². The molecule has 1 unspecified atom stereocenters. The Kier molecular flexibility index (Phi) is 4.21. The lowest BCUT2D eigenvalue weighted by Crippen LogP contribution is -2.43. The number of piperidine rings is 1. The largest absolute Gasteiger partial charge is 0.430 e. The van der Waals surface area contributed by atoms with Gasteiger partial charge < -0.3 is 9.64 Å². The van der Waals surface area contributed by atoms with Gasteiger partial charge in [0, 0.05) is 19.5 Å². The summed E-state index contributed by atoms with van der Waals surface area (Å²) in [4.78, 5) is 13.8. The van der Waals surface area contributed by atoms with Crippen LogP contribution in [-0.4, -0.2) is 36.9 Å². The molecule has 2 heterocycles. The van der Waals surface area contributed by atoms with Crippen LogP contribution in [0.25, 0.3) is 0 Å². The summed E-state index contributed by atoms with van der Waals surface area (Å²) in [5.74, 6) is 0.480. The van der Waals surface area contributed by atoms with Gasteiger partial charge in [0.2, 0.25) is 0 Å². The molecule has 0 spiro atoms. The van der Waals surface area contributed by atoms with Gasteiger partial charge in [-0.1, -0.05) is 30.3 Å². The van der Waals surface area contributed by atoms with Crippen LogP contribution in [0.5, 0.6) is 0 Å². The van der Waals surface area contributed by atoms with Crippen molar-refractivity contribution in [1.82, 2.24) is 10.2 Å². The number of benzene rings is 1. The van der Waals surface area contributed by atoms with Gasteiger partial charge in [-0.05, 0) is 37.3 Å². The Morgan fingerprint density at radius 2 is 1.95 bits per heavy atom. The van der Waals surface area contributed by atoms with Crippen molar-refractivity contribution in [3.05, 3.63) is 35.9 Å². The van der Waals surface area contributed by atoms with Crippen LogP contribution in [0, 0.1) is 0 Å². The fourth-order valence-electron chi connectivity index (χ4n) is 3.09. The average Bonchev–Trinajstić information content (AvgIpc) is 3.03. The fraction of sp³-hybridized carbons (Fsp3) is 0.562. The zero-order valence-electron chi connectivity index (χ0n) is 11.8. The molecule has 2 aliphatic rings. The van der Waals surface area contributed by atoms with E-state index in [1.165, 1.54) is 5.56 Å². The number of carbonyl (C=O) groups is 1. The topological polar surface area (TPSA) is 41.6 Å². The highest BCUT2D eigenvalue weighted by molar-refractivity contribution is 5.68. The molecule has 1 aromatic carbocycles. The van der Waals surface area contributed by atoms with E-state index in [0.717, 1.165) is 45.3 Å². The number of ether oxygens (including phenoxy) is 1. The van der Waals surface area contributed by atoms with Gasteiger partial charge in [-0.25, -0.2) is 4.79 Å². The maximum Gasteiger partial charge on any atom is 0.411 e. The summed E-state index contributed by atoms with van der Waals surface area (Å²) in [6.07, 6.45) is 3.85. The molecule has 1 N–H and O–H groups in total. The molecule has 0 saturated carbocycles. The van der Waals surface area contributed by atoms with Gasteiger partial charge in [-0.3, -0.25) is 5.32 Å². The maximum atomic E-state index is 12.0. The highest BCUT2D eigenvalue weighted by Crippen LogP contribution is 2.28. The summed E-state index contributed by atoms with van der Waals surface area (Å²) in [7, 11) is 0. The number of nitrogens with zero attached hydrogens (tertiary/aromatic N) is 1. The third-order valence-electron chi connectivity index (χ3n) is 4.24. The number of hydrogen-bond acceptors (Lipinski definition) is 3. The Morgan fingerprint density at radius 1 is 1.20 bits per heavy atom. The van der Waals surface area contributed by atoms with E-state index in [9.17, 15) is 4.79 Å². The predicted octanol–water partition coefficient (Wildman–Crippen LogP) is 2.71. The molecule has 1 amide bonds. The molecule has 4 nitrogen and oxygen atoms in total. The van der Waals surface area contributed by atoms with Gasteiger partial charge in [-0.2, -0.15) is 0 Å². The lowest BCUT2D eigenvalue weighted by atomic mass is 9.89. The molecule has 2 atom stereocenters. The van der Waals surface area contributed by atoms with E-state index in [-0.39, 0.29) is 12.3 Å². The number of carbonyl (C=O) groups excluding carboxylic acids is 1. The first kappa shape index (κ1) is 13.4. The van der Waals surface area contributed by atoms with Crippen molar-refractivity contribution in [1.29, 1.82) is 0 Å². The Bertz CT molecular complexity index is 443. The lowest BCUT2D eigenvalue weighted by Gasteiger charge is -2.31. The summed E-state index contributed by atoms with van der Waals surface area (Å²) in [6.45, 7) is 2.58. The van der Waals surface area contributed by atoms with E-state index in [0.29, 0.717) is 5.92 Å². The minimum atomic E-state index is -0.159. The molecule has 0 aromatic heterocycles. The molecule has 3 rings (SSSR count). The number of amides is 1. The van der Waals surface area contributed by atoms with Gasteiger partial charge in [0.25, 0.3) is 0 Å². The standard InChI is InChI=1S/C16H22N2O2/c19-16(18-10-4-5-11-18)20-15-12-14(8-9-17-15)13-6-2-1-3-7-13/h1-3,6-7,14-15,17H,4-5,8-12H2/t14?,15-/m1/s1. The van der Waals surface area contributed by atoms with Crippen molar-refractivity contribution in [2.75, 3.05) is 19.6 Å². The van der Waals surface area contributed by atoms with Crippen molar-refractivity contribution >= 4 is 6.09 Å². The van der Waals surface area contributed by atoms with E-state index in [2.05, 4.69) is 29.6 Å². The first-order valence-corrected chi connectivity index (χ1v) is 7.57. The van der Waals surface area contributed by atoms with Crippen LogP contribution in [0.15, 0.2) is 30.3 Å². The minimum Gasteiger partial charge on any atom is -0.430 e. The summed E-state index contributed by atoms with van der Waals surface area (Å²) in [6, 6.07) is 10.5. The first-order chi connectivity index (χ1) is 9.83. The van der Waals surface area contributed by atoms with Gasteiger partial charge in [-0.15, -0.1) is 0 Å². The normalized spacial score (nSPS) is 26.5. The van der Waals surface area contributed by atoms with Crippen LogP contribution in [0.2, 0.25) is 0 Å². The monoisotopic (exact) mass is 274 g/mol. The molecule has 4 heteroatoms. The zero-order chi connectivity index (χ0) is 13.8. The van der Waals surface area contributed by atoms with Gasteiger partial charge >= 0.3 is 6.09 Å². The van der Waals surface area contributed by atoms with Crippen LogP contribution < -0.4 is 5.32 Å². The van der Waals surface area contributed by atoms with Crippen molar-refractivity contribution in [2.24, 2.45) is 0 Å². The van der Waals surface area contributed by atoms with E-state index in [1.807, 2.05) is 11.0 Å². The van der Waals surface area contributed by atoms with Gasteiger partial charge in [0.15, 0.2) is 6.23 Å². The van der Waals surface area contributed by atoms with E-state index >= 15 is 0 Å². The minimum absolute atomic E-state index is 0.151. The molecular formula is C16H22N2O2. The molecule has 20 heavy (non-hydrogen) atoms. The lowest BCUT2D eigenvalue weighted by molar-refractivity contribution is 0.0342. The second-order valence-electron chi connectivity index (χ2n) is 5.65. The third-order valence-corrected chi connectivity index (χ3v) is 4.24. The average molecular weight is 274 g/mol. The summed E-state index contributed by atoms with van der Waals surface area (Å²) >= 11 is 0. The summed E-state index contributed by atoms with van der Waals surface area (Å²) in [5, 5.41) is 3.30. The molecule has 0 radical (unpaired) electrons. The van der Waals surface area contributed by atoms with Crippen molar-refractivity contribution in [2.45, 2.75) is 37.8 Å². The van der Waals surface area contributed by atoms with Crippen LogP contribution in [0.4, 0.5) is 4.79 Å². The summed E-state index contributed by atoms with van der Waals surface area (Å²) < 4.78 is 5.60. The van der Waals surface area contributed by atoms with Crippen LogP contribution in [0.3, 0.4) is 0 Å².